The summed E-state index contributed by atoms with van der Waals surface area (Å²) in [5, 5.41) is 63.1. The minimum atomic E-state index is -1.07. The highest BCUT2D eigenvalue weighted by Gasteiger charge is 2.54. The number of hydrogen-bond donors (Lipinski definition) is 13. The normalized spacial score (nSPS) is 22.2. The van der Waals surface area contributed by atoms with Crippen molar-refractivity contribution in [2.24, 2.45) is 44.0 Å². The maximum atomic E-state index is 15.1. The van der Waals surface area contributed by atoms with Crippen LogP contribution in [0.3, 0.4) is 0 Å². The van der Waals surface area contributed by atoms with Crippen molar-refractivity contribution in [2.45, 2.75) is 258 Å². The fourth-order valence-corrected chi connectivity index (χ4v) is 19.2. The summed E-state index contributed by atoms with van der Waals surface area (Å²) in [6, 6.07) is 18.3. The van der Waals surface area contributed by atoms with Crippen molar-refractivity contribution >= 4 is 70.9 Å². The zero-order valence-corrected chi connectivity index (χ0v) is 79.7. The summed E-state index contributed by atoms with van der Waals surface area (Å²) < 4.78 is 3.24. The van der Waals surface area contributed by atoms with E-state index < -0.39 is 142 Å². The quantitative estimate of drug-likeness (QED) is 0.0232. The van der Waals surface area contributed by atoms with Crippen molar-refractivity contribution in [3.05, 3.63) is 177 Å². The van der Waals surface area contributed by atoms with E-state index in [1.165, 1.54) is 35.7 Å². The molecule has 0 saturated carbocycles. The molecule has 2 unspecified atom stereocenters. The number of rotatable bonds is 35. The number of aromatic nitrogens is 6. The number of azo groups is 1. The topological polar surface area (TPSA) is 471 Å². The van der Waals surface area contributed by atoms with E-state index in [-0.39, 0.29) is 130 Å². The van der Waals surface area contributed by atoms with Gasteiger partial charge in [0.1, 0.15) is 36.3 Å². The first kappa shape index (κ1) is 99.8. The number of likely N-dealkylation sites (tertiary alicyclic amines) is 3. The first-order valence-corrected chi connectivity index (χ1v) is 46.8. The summed E-state index contributed by atoms with van der Waals surface area (Å²) in [5.74, 6) is -6.37. The zero-order chi connectivity index (χ0) is 96.1. The van der Waals surface area contributed by atoms with E-state index in [1.807, 2.05) is 111 Å². The summed E-state index contributed by atoms with van der Waals surface area (Å²) in [5.41, 5.74) is 11.9. The number of aryl methyl sites for hydroxylation is 3. The van der Waals surface area contributed by atoms with Crippen molar-refractivity contribution in [3.63, 3.8) is 0 Å². The average Bonchev–Trinajstić information content (AvgIpc) is 1.60. The lowest BCUT2D eigenvalue weighted by Crippen LogP contribution is -2.60. The van der Waals surface area contributed by atoms with E-state index in [0.29, 0.717) is 42.8 Å². The van der Waals surface area contributed by atoms with Crippen LogP contribution in [0.2, 0.25) is 0 Å². The van der Waals surface area contributed by atoms with Crippen LogP contribution in [0.1, 0.15) is 234 Å². The second-order valence-electron chi connectivity index (χ2n) is 39.6. The predicted molar refractivity (Wildman–Crippen MR) is 500 cm³/mol. The zero-order valence-electron chi connectivity index (χ0n) is 79.7. The number of likely N-dealkylation sites (N-methyl/N-ethyl adjacent to an activating group) is 3. The minimum Gasteiger partial charge on any atom is -0.384 e. The van der Waals surface area contributed by atoms with Crippen LogP contribution in [0.25, 0.3) is 0 Å². The lowest BCUT2D eigenvalue weighted by molar-refractivity contribution is -0.144. The number of nitrogens with two attached hydrogens (primary N) is 1. The molecule has 3 saturated heterocycles. The number of fused-ring (bicyclic) bond motifs is 3. The van der Waals surface area contributed by atoms with Gasteiger partial charge in [-0.2, -0.15) is 10.2 Å². The average molecular weight is 1830 g/mol. The Bertz CT molecular complexity index is 5080. The van der Waals surface area contributed by atoms with Crippen LogP contribution in [0.15, 0.2) is 126 Å². The van der Waals surface area contributed by atoms with Gasteiger partial charge < -0.3 is 84.2 Å². The molecular formula is C97H136N24O12. The van der Waals surface area contributed by atoms with Gasteiger partial charge in [-0.1, -0.05) is 146 Å². The van der Waals surface area contributed by atoms with Crippen molar-refractivity contribution in [2.75, 3.05) is 67.5 Å². The predicted octanol–water partition coefficient (Wildman–Crippen LogP) is 5.02. The van der Waals surface area contributed by atoms with Crippen LogP contribution < -0.4 is 69.5 Å². The molecule has 36 nitrogen and oxygen atoms in total. The summed E-state index contributed by atoms with van der Waals surface area (Å²) in [7, 11) is 6.45. The molecule has 6 aliphatic rings. The molecule has 0 spiro atoms. The summed E-state index contributed by atoms with van der Waals surface area (Å²) in [4.78, 5) is 178. The molecule has 0 bridgehead atoms. The Morgan fingerprint density at radius 1 is 0.504 bits per heavy atom. The Kier molecular flexibility index (Phi) is 32.8. The highest BCUT2D eigenvalue weighted by Crippen LogP contribution is 2.42. The van der Waals surface area contributed by atoms with Gasteiger partial charge >= 0.3 is 0 Å². The molecule has 36 heteroatoms. The molecule has 16 atom stereocenters. The molecule has 12 rings (SSSR count). The molecule has 2 aromatic heterocycles. The second-order valence-corrected chi connectivity index (χ2v) is 39.6. The second kappa shape index (κ2) is 43.7. The van der Waals surface area contributed by atoms with Gasteiger partial charge in [-0.3, -0.25) is 57.5 Å². The number of nitrogens with one attached hydrogen (secondary N) is 12. The van der Waals surface area contributed by atoms with Crippen LogP contribution in [-0.4, -0.2) is 243 Å². The lowest BCUT2D eigenvalue weighted by Gasteiger charge is -2.38. The van der Waals surface area contributed by atoms with Crippen molar-refractivity contribution in [3.8, 4) is 0 Å². The Morgan fingerprint density at radius 2 is 0.902 bits per heavy atom. The summed E-state index contributed by atoms with van der Waals surface area (Å²) in [6.45, 7) is 21.9. The number of nitrogens with zero attached hydrogens (tertiary/aromatic N) is 11. The van der Waals surface area contributed by atoms with Gasteiger partial charge in [0.15, 0.2) is 0 Å². The fourth-order valence-electron chi connectivity index (χ4n) is 19.2. The van der Waals surface area contributed by atoms with Crippen molar-refractivity contribution < 1.29 is 57.5 Å². The number of primary amides is 1. The van der Waals surface area contributed by atoms with E-state index >= 15 is 14.4 Å². The van der Waals surface area contributed by atoms with Gasteiger partial charge in [0.05, 0.1) is 59.4 Å². The van der Waals surface area contributed by atoms with Crippen LogP contribution >= 0.6 is 0 Å². The molecule has 12 amide bonds. The number of amides is 12. The van der Waals surface area contributed by atoms with Gasteiger partial charge in [0.25, 0.3) is 17.7 Å². The number of carbonyl (C=O) groups is 12. The number of hydrogen-bond acceptors (Lipinski definition) is 22. The molecule has 3 aliphatic heterocycles. The van der Waals surface area contributed by atoms with Gasteiger partial charge in [-0.15, -0.1) is 10.2 Å². The Morgan fingerprint density at radius 3 is 1.31 bits per heavy atom. The molecule has 14 N–H and O–H groups in total. The standard InChI is InChI=1S/C97H136N24O12/c1-55(99-13)84(123)109-80(95(4,5)6)92(131)117-52-69(47-76(117)90(129)107-73-33-23-29-59-26-19-21-31-71(59)73)120-50-67(113-115-120)38-41-104-88(127)64-44-63(87(126)103-40-37-66(112-102-16)49-106-75-54-119(94(133)82(97(10,11)12)111-86(125)57(3)101-15)79(83(98)122)78(75)62-36-35-58-25-17-18-28-61(58)43-62)45-65(46-64)89(128)105-42-39-68-51-121(116-114-68)70-48-77(91(130)108-74-34-24-30-60-27-20-22-32-72(60)74)118(53-70)93(132)81(96(7,8)9)110-85(124)56(2)100-14/h17-22,25-28,31-32,44-46,49-51,55-57,62,69-70,73-82,99-101,106H,23-24,29-30,33-43,47-48,52-54H2,1-16H3,(H2,98,122)(H,103,126)(H,104,127)(H,105,128)(H,107,129)(H,108,130)(H,109,123)(H,110,124)(H,111,125)/b66-49-,112-102-/t55-,56-,57-,62?,69-,70-,73+,74+,75+,76-,77-,78?,79-,80+,81+,82+/m0/s1. The lowest BCUT2D eigenvalue weighted by atomic mass is 9.72. The minimum absolute atomic E-state index is 0.00332. The molecule has 716 valence electrons. The molecule has 133 heavy (non-hydrogen) atoms. The summed E-state index contributed by atoms with van der Waals surface area (Å²) >= 11 is 0. The summed E-state index contributed by atoms with van der Waals surface area (Å²) in [6.07, 6.45) is 12.8. The van der Waals surface area contributed by atoms with Gasteiger partial charge in [-0.25, -0.2) is 9.36 Å². The van der Waals surface area contributed by atoms with Crippen LogP contribution in [-0.2, 0) is 81.7 Å². The number of benzene rings is 4. The van der Waals surface area contributed by atoms with Gasteiger partial charge in [-0.05, 0) is 173 Å². The molecule has 3 fully saturated rings. The van der Waals surface area contributed by atoms with Crippen LogP contribution in [0.5, 0.6) is 0 Å². The Labute approximate surface area is 778 Å². The fraction of sp³-hybridized carbons (Fsp3) is 0.567. The van der Waals surface area contributed by atoms with Crippen LogP contribution in [0, 0.1) is 28.1 Å². The highest BCUT2D eigenvalue weighted by molar-refractivity contribution is 6.05. The van der Waals surface area contributed by atoms with E-state index in [9.17, 15) is 43.2 Å². The molecule has 6 aromatic rings. The van der Waals surface area contributed by atoms with Crippen LogP contribution in [0.4, 0.5) is 0 Å². The van der Waals surface area contributed by atoms with E-state index in [2.05, 4.69) is 119 Å². The van der Waals surface area contributed by atoms with Crippen molar-refractivity contribution in [1.29, 1.82) is 0 Å². The molecule has 0 radical (unpaired) electrons. The third-order valence-corrected chi connectivity index (χ3v) is 27.1. The number of carbonyl (C=O) groups excluding carboxylic acids is 12. The SMILES string of the molecule is C/N=N\C(=C/N[C@@H]1CN(C(=O)[C@@H](NC(=O)[C@H](C)NC)C(C)(C)C)[C@H](C(N)=O)C1C1CCc2ccccc2C1)CCNC(=O)c1cc(C(=O)NCCc2cn([C@H]3C[C@@H](C(=O)N[C@@H]4CCCc5ccccc54)N(C(=O)[C@@H](NC(=O)[C@H](C)NC)C(C)(C)C)C3)nn2)cc(C(=O)NCCc2cn([C@H]3C[C@@H](C(=O)N[C@@H]4CCCc5ccccc54)N(C(=O)[C@@H](NC(=O)[C@H](C)NC)C(C)(C)C)C3)nn2)c1. The van der Waals surface area contributed by atoms with Gasteiger partial charge in [0.2, 0.25) is 53.2 Å². The van der Waals surface area contributed by atoms with Crippen molar-refractivity contribution in [1.82, 2.24) is 108 Å². The molecular weight excluding hydrogens is 1690 g/mol. The molecule has 5 heterocycles. The van der Waals surface area contributed by atoms with E-state index in [1.54, 1.807) is 79.7 Å². The smallest absolute Gasteiger partial charge is 0.251 e. The Balaban J connectivity index is 0.773. The largest absolute Gasteiger partial charge is 0.384 e. The Hall–Kier alpha value is -12.2. The van der Waals surface area contributed by atoms with E-state index in [4.69, 9.17) is 5.73 Å². The highest BCUT2D eigenvalue weighted by atomic mass is 16.2. The molecule has 4 aromatic carbocycles. The van der Waals surface area contributed by atoms with Gasteiger partial charge in [0, 0.05) is 126 Å². The maximum Gasteiger partial charge on any atom is 0.251 e. The first-order valence-electron chi connectivity index (χ1n) is 46.8. The monoisotopic (exact) mass is 1830 g/mol. The first-order chi connectivity index (χ1) is 63.3. The third-order valence-electron chi connectivity index (χ3n) is 27.1. The maximum absolute atomic E-state index is 15.1. The third kappa shape index (κ3) is 24.3. The van der Waals surface area contributed by atoms with E-state index in [0.717, 1.165) is 59.9 Å². The molecule has 3 aliphatic carbocycles.